The molecule has 0 saturated heterocycles. The number of benzene rings is 3. The average molecular weight is 416 g/mol. The second-order valence-corrected chi connectivity index (χ2v) is 7.83. The van der Waals surface area contributed by atoms with Crippen LogP contribution in [0.25, 0.3) is 0 Å². The fraction of sp³-hybridized carbons (Fsp3) is 0.200. The van der Waals surface area contributed by atoms with Gasteiger partial charge in [-0.25, -0.2) is 0 Å². The minimum Gasteiger partial charge on any atom is -0.495 e. The van der Waals surface area contributed by atoms with Crippen LogP contribution in [0.5, 0.6) is 11.5 Å². The van der Waals surface area contributed by atoms with E-state index in [1.807, 2.05) is 42.5 Å². The normalized spacial score (nSPS) is 14.4. The van der Waals surface area contributed by atoms with Crippen LogP contribution in [-0.4, -0.2) is 24.5 Å². The number of carbonyl (C=O) groups is 2. The Balaban J connectivity index is 1.68. The van der Waals surface area contributed by atoms with Gasteiger partial charge in [-0.3, -0.25) is 9.59 Å². The van der Waals surface area contributed by atoms with Gasteiger partial charge < -0.3 is 19.7 Å². The molecule has 2 amide bonds. The second kappa shape index (κ2) is 8.14. The maximum atomic E-state index is 13.2. The molecule has 0 bridgehead atoms. The van der Waals surface area contributed by atoms with E-state index in [9.17, 15) is 9.59 Å². The van der Waals surface area contributed by atoms with Gasteiger partial charge in [0.2, 0.25) is 0 Å². The molecule has 6 heteroatoms. The van der Waals surface area contributed by atoms with E-state index in [4.69, 9.17) is 9.47 Å². The molecule has 158 valence electrons. The van der Waals surface area contributed by atoms with E-state index in [1.54, 1.807) is 56.2 Å². The van der Waals surface area contributed by atoms with Crippen LogP contribution in [0.15, 0.2) is 72.8 Å². The Morgan fingerprint density at radius 1 is 1.03 bits per heavy atom. The second-order valence-electron chi connectivity index (χ2n) is 7.83. The standard InChI is InChI=1S/C25H24N2O4/c1-25(2)24(29)27(16-17-9-5-4-6-10-17)20-15-18(13-14-22(20)31-25)23(28)26-19-11-7-8-12-21(19)30-3/h4-15H,16H2,1-3H3,(H,26,28). The lowest BCUT2D eigenvalue weighted by molar-refractivity contribution is -0.132. The van der Waals surface area contributed by atoms with Crippen LogP contribution in [0.4, 0.5) is 11.4 Å². The van der Waals surface area contributed by atoms with Crippen molar-refractivity contribution >= 4 is 23.2 Å². The average Bonchev–Trinajstić information content (AvgIpc) is 2.77. The van der Waals surface area contributed by atoms with Crippen molar-refractivity contribution in [1.82, 2.24) is 0 Å². The highest BCUT2D eigenvalue weighted by Crippen LogP contribution is 2.39. The number of nitrogens with zero attached hydrogens (tertiary/aromatic N) is 1. The zero-order chi connectivity index (χ0) is 22.0. The third-order valence-corrected chi connectivity index (χ3v) is 5.18. The summed E-state index contributed by atoms with van der Waals surface area (Å²) in [5.41, 5.74) is 1.55. The van der Waals surface area contributed by atoms with E-state index in [1.165, 1.54) is 0 Å². The smallest absolute Gasteiger partial charge is 0.271 e. The van der Waals surface area contributed by atoms with Gasteiger partial charge in [0.25, 0.3) is 11.8 Å². The third-order valence-electron chi connectivity index (χ3n) is 5.18. The molecule has 1 N–H and O–H groups in total. The number of methoxy groups -OCH3 is 1. The molecule has 0 fully saturated rings. The highest BCUT2D eigenvalue weighted by Gasteiger charge is 2.41. The van der Waals surface area contributed by atoms with E-state index in [0.717, 1.165) is 5.56 Å². The number of hydrogen-bond acceptors (Lipinski definition) is 4. The summed E-state index contributed by atoms with van der Waals surface area (Å²) >= 11 is 0. The summed E-state index contributed by atoms with van der Waals surface area (Å²) in [6.07, 6.45) is 0. The lowest BCUT2D eigenvalue weighted by atomic mass is 10.0. The zero-order valence-corrected chi connectivity index (χ0v) is 17.7. The maximum Gasteiger partial charge on any atom is 0.271 e. The molecule has 3 aromatic rings. The molecule has 0 unspecified atom stereocenters. The van der Waals surface area contributed by atoms with Gasteiger partial charge in [0.15, 0.2) is 5.60 Å². The van der Waals surface area contributed by atoms with Gasteiger partial charge in [-0.1, -0.05) is 42.5 Å². The topological polar surface area (TPSA) is 67.9 Å². The highest BCUT2D eigenvalue weighted by atomic mass is 16.5. The van der Waals surface area contributed by atoms with Crippen LogP contribution in [-0.2, 0) is 11.3 Å². The van der Waals surface area contributed by atoms with Crippen molar-refractivity contribution in [3.63, 3.8) is 0 Å². The van der Waals surface area contributed by atoms with Crippen LogP contribution in [0.2, 0.25) is 0 Å². The summed E-state index contributed by atoms with van der Waals surface area (Å²) in [7, 11) is 1.55. The lowest BCUT2D eigenvalue weighted by Crippen LogP contribution is -2.52. The first kappa shape index (κ1) is 20.5. The minimum atomic E-state index is -0.997. The Hall–Kier alpha value is -3.80. The van der Waals surface area contributed by atoms with Gasteiger partial charge in [-0.05, 0) is 49.7 Å². The van der Waals surface area contributed by atoms with E-state index in [0.29, 0.717) is 35.0 Å². The number of nitrogens with one attached hydrogen (secondary N) is 1. The van der Waals surface area contributed by atoms with Gasteiger partial charge in [-0.15, -0.1) is 0 Å². The molecular weight excluding hydrogens is 392 g/mol. The number of rotatable bonds is 5. The summed E-state index contributed by atoms with van der Waals surface area (Å²) in [4.78, 5) is 27.8. The fourth-order valence-electron chi connectivity index (χ4n) is 3.57. The summed E-state index contributed by atoms with van der Waals surface area (Å²) in [5.74, 6) is 0.671. The van der Waals surface area contributed by atoms with Gasteiger partial charge in [0.05, 0.1) is 25.0 Å². The van der Waals surface area contributed by atoms with Crippen LogP contribution in [0, 0.1) is 0 Å². The Morgan fingerprint density at radius 3 is 2.48 bits per heavy atom. The number of carbonyl (C=O) groups excluding carboxylic acids is 2. The van der Waals surface area contributed by atoms with Gasteiger partial charge in [0.1, 0.15) is 11.5 Å². The molecule has 6 nitrogen and oxygen atoms in total. The molecule has 4 rings (SSSR count). The van der Waals surface area contributed by atoms with Crippen molar-refractivity contribution in [3.8, 4) is 11.5 Å². The summed E-state index contributed by atoms with van der Waals surface area (Å²) in [6.45, 7) is 3.88. The zero-order valence-electron chi connectivity index (χ0n) is 17.7. The van der Waals surface area contributed by atoms with Crippen LogP contribution in [0.3, 0.4) is 0 Å². The van der Waals surface area contributed by atoms with Crippen LogP contribution in [0.1, 0.15) is 29.8 Å². The molecule has 31 heavy (non-hydrogen) atoms. The first-order valence-electron chi connectivity index (χ1n) is 10.0. The maximum absolute atomic E-state index is 13.2. The number of fused-ring (bicyclic) bond motifs is 1. The molecule has 0 radical (unpaired) electrons. The predicted octanol–water partition coefficient (Wildman–Crippen LogP) is 4.65. The van der Waals surface area contributed by atoms with Gasteiger partial charge in [0, 0.05) is 5.56 Å². The van der Waals surface area contributed by atoms with E-state index in [-0.39, 0.29) is 11.8 Å². The fourth-order valence-corrected chi connectivity index (χ4v) is 3.57. The van der Waals surface area contributed by atoms with Crippen molar-refractivity contribution in [2.24, 2.45) is 0 Å². The molecule has 0 aliphatic carbocycles. The van der Waals surface area contributed by atoms with Crippen molar-refractivity contribution in [1.29, 1.82) is 0 Å². The lowest BCUT2D eigenvalue weighted by Gasteiger charge is -2.39. The molecule has 0 saturated carbocycles. The van der Waals surface area contributed by atoms with Crippen molar-refractivity contribution in [2.75, 3.05) is 17.3 Å². The van der Waals surface area contributed by atoms with E-state index < -0.39 is 5.60 Å². The largest absolute Gasteiger partial charge is 0.495 e. The third kappa shape index (κ3) is 4.10. The van der Waals surface area contributed by atoms with E-state index >= 15 is 0 Å². The summed E-state index contributed by atoms with van der Waals surface area (Å²) in [6, 6.07) is 22.0. The quantitative estimate of drug-likeness (QED) is 0.657. The molecule has 0 aromatic heterocycles. The van der Waals surface area contributed by atoms with E-state index in [2.05, 4.69) is 5.32 Å². The number of ether oxygens (including phenoxy) is 2. The van der Waals surface area contributed by atoms with Crippen LogP contribution < -0.4 is 19.7 Å². The molecule has 3 aromatic carbocycles. The van der Waals surface area contributed by atoms with Gasteiger partial charge >= 0.3 is 0 Å². The van der Waals surface area contributed by atoms with Crippen molar-refractivity contribution < 1.29 is 19.1 Å². The first-order chi connectivity index (χ1) is 14.9. The number of hydrogen-bond donors (Lipinski definition) is 1. The monoisotopic (exact) mass is 416 g/mol. The van der Waals surface area contributed by atoms with Crippen molar-refractivity contribution in [2.45, 2.75) is 26.0 Å². The Kier molecular flexibility index (Phi) is 5.38. The predicted molar refractivity (Wildman–Crippen MR) is 120 cm³/mol. The van der Waals surface area contributed by atoms with Crippen molar-refractivity contribution in [3.05, 3.63) is 83.9 Å². The SMILES string of the molecule is COc1ccccc1NC(=O)c1ccc2c(c1)N(Cc1ccccc1)C(=O)C(C)(C)O2. The Morgan fingerprint density at radius 2 is 1.74 bits per heavy atom. The molecule has 1 aliphatic rings. The summed E-state index contributed by atoms with van der Waals surface area (Å²) in [5, 5.41) is 2.87. The molecule has 1 aliphatic heterocycles. The molecule has 0 atom stereocenters. The molecule has 1 heterocycles. The Bertz CT molecular complexity index is 1130. The molecular formula is C25H24N2O4. The highest BCUT2D eigenvalue weighted by molar-refractivity contribution is 6.08. The minimum absolute atomic E-state index is 0.161. The number of para-hydroxylation sites is 2. The van der Waals surface area contributed by atoms with Gasteiger partial charge in [-0.2, -0.15) is 0 Å². The number of anilines is 2. The number of amides is 2. The van der Waals surface area contributed by atoms with Crippen LogP contribution >= 0.6 is 0 Å². The summed E-state index contributed by atoms with van der Waals surface area (Å²) < 4.78 is 11.3. The Labute approximate surface area is 181 Å². The molecule has 0 spiro atoms. The first-order valence-corrected chi connectivity index (χ1v) is 10.0.